The molecule has 18 heavy (non-hydrogen) atoms. The van der Waals surface area contributed by atoms with E-state index in [2.05, 4.69) is 10.5 Å². The van der Waals surface area contributed by atoms with Gasteiger partial charge in [-0.3, -0.25) is 4.98 Å². The fraction of sp³-hybridized carbons (Fsp3) is 0.0769. The zero-order chi connectivity index (χ0) is 13.0. The zero-order valence-corrected chi connectivity index (χ0v) is 9.68. The van der Waals surface area contributed by atoms with Gasteiger partial charge in [0.25, 0.3) is 0 Å². The molecule has 1 aromatic carbocycles. The molecule has 0 saturated carbocycles. The number of nitrogens with zero attached hydrogens (tertiary/aromatic N) is 1. The summed E-state index contributed by atoms with van der Waals surface area (Å²) in [5.41, 5.74) is 3.78. The Labute approximate surface area is 103 Å². The number of pyridine rings is 1. The summed E-state index contributed by atoms with van der Waals surface area (Å²) in [6.07, 6.45) is 2.97. The molecule has 2 aromatic rings. The van der Waals surface area contributed by atoms with E-state index >= 15 is 0 Å². The summed E-state index contributed by atoms with van der Waals surface area (Å²) >= 11 is 0. The molecule has 0 aliphatic carbocycles. The maximum Gasteiger partial charge on any atom is 0.364 e. The van der Waals surface area contributed by atoms with Crippen molar-refractivity contribution in [3.05, 3.63) is 59.7 Å². The number of hydrogen-bond acceptors (Lipinski definition) is 4. The normalized spacial score (nSPS) is 9.89. The summed E-state index contributed by atoms with van der Waals surface area (Å²) < 4.78 is 13.0. The second-order valence-corrected chi connectivity index (χ2v) is 3.70. The average molecular weight is 246 g/mol. The second kappa shape index (κ2) is 5.27. The first-order valence-corrected chi connectivity index (χ1v) is 5.30. The van der Waals surface area contributed by atoms with E-state index in [1.165, 1.54) is 18.3 Å². The summed E-state index contributed by atoms with van der Waals surface area (Å²) in [4.78, 5) is 20.2. The highest BCUT2D eigenvalue weighted by molar-refractivity contribution is 5.89. The number of rotatable bonds is 3. The van der Waals surface area contributed by atoms with Crippen LogP contribution in [0.3, 0.4) is 0 Å². The Kier molecular flexibility index (Phi) is 3.52. The number of carbonyl (C=O) groups is 1. The number of halogens is 1. The highest BCUT2D eigenvalue weighted by Crippen LogP contribution is 2.14. The van der Waals surface area contributed by atoms with Crippen LogP contribution in [0.15, 0.2) is 42.7 Å². The number of carbonyl (C=O) groups excluding carboxylic acids is 1. The smallest absolute Gasteiger partial charge is 0.338 e. The Morgan fingerprint density at radius 3 is 2.89 bits per heavy atom. The SMILES string of the molecule is Cc1cc(NOC(=O)c2cccnc2)ccc1F. The molecule has 2 rings (SSSR count). The van der Waals surface area contributed by atoms with E-state index in [4.69, 9.17) is 4.84 Å². The Bertz CT molecular complexity index is 558. The lowest BCUT2D eigenvalue weighted by molar-refractivity contribution is 0.0596. The topological polar surface area (TPSA) is 51.2 Å². The maximum absolute atomic E-state index is 13.0. The molecular formula is C13H11FN2O2. The summed E-state index contributed by atoms with van der Waals surface area (Å²) in [6.45, 7) is 1.63. The Balaban J connectivity index is 1.99. The van der Waals surface area contributed by atoms with E-state index < -0.39 is 5.97 Å². The number of aromatic nitrogens is 1. The fourth-order valence-corrected chi connectivity index (χ4v) is 1.36. The van der Waals surface area contributed by atoms with Gasteiger partial charge in [-0.15, -0.1) is 0 Å². The van der Waals surface area contributed by atoms with Gasteiger partial charge in [0.05, 0.1) is 11.3 Å². The predicted molar refractivity (Wildman–Crippen MR) is 64.4 cm³/mol. The molecule has 0 bridgehead atoms. The molecule has 0 atom stereocenters. The molecule has 0 aliphatic heterocycles. The van der Waals surface area contributed by atoms with E-state index in [0.29, 0.717) is 16.8 Å². The van der Waals surface area contributed by atoms with E-state index in [1.807, 2.05) is 0 Å². The van der Waals surface area contributed by atoms with Crippen LogP contribution in [0.25, 0.3) is 0 Å². The van der Waals surface area contributed by atoms with Gasteiger partial charge in [-0.05, 0) is 42.8 Å². The molecule has 0 saturated heterocycles. The van der Waals surface area contributed by atoms with Crippen LogP contribution in [0.5, 0.6) is 0 Å². The third-order valence-electron chi connectivity index (χ3n) is 2.32. The number of anilines is 1. The first-order chi connectivity index (χ1) is 8.66. The quantitative estimate of drug-likeness (QED) is 0.846. The Morgan fingerprint density at radius 1 is 1.39 bits per heavy atom. The number of nitrogens with one attached hydrogen (secondary N) is 1. The van der Waals surface area contributed by atoms with Crippen molar-refractivity contribution >= 4 is 11.7 Å². The van der Waals surface area contributed by atoms with Crippen LogP contribution >= 0.6 is 0 Å². The molecule has 0 radical (unpaired) electrons. The van der Waals surface area contributed by atoms with Crippen molar-refractivity contribution in [3.8, 4) is 0 Å². The first kappa shape index (κ1) is 12.0. The van der Waals surface area contributed by atoms with Crippen LogP contribution in [0.2, 0.25) is 0 Å². The minimum atomic E-state index is -0.551. The molecule has 4 nitrogen and oxygen atoms in total. The molecule has 0 aliphatic rings. The molecule has 0 amide bonds. The monoisotopic (exact) mass is 246 g/mol. The van der Waals surface area contributed by atoms with Crippen LogP contribution < -0.4 is 5.48 Å². The van der Waals surface area contributed by atoms with Crippen molar-refractivity contribution in [1.29, 1.82) is 0 Å². The van der Waals surface area contributed by atoms with Crippen molar-refractivity contribution in [1.82, 2.24) is 4.98 Å². The third kappa shape index (κ3) is 2.82. The van der Waals surface area contributed by atoms with Crippen molar-refractivity contribution in [3.63, 3.8) is 0 Å². The van der Waals surface area contributed by atoms with Crippen molar-refractivity contribution in [2.24, 2.45) is 0 Å². The van der Waals surface area contributed by atoms with Crippen molar-refractivity contribution in [2.45, 2.75) is 6.92 Å². The number of hydrogen-bond donors (Lipinski definition) is 1. The first-order valence-electron chi connectivity index (χ1n) is 5.30. The number of benzene rings is 1. The molecule has 0 spiro atoms. The molecule has 1 heterocycles. The molecule has 0 unspecified atom stereocenters. The van der Waals surface area contributed by atoms with Gasteiger partial charge in [0.15, 0.2) is 0 Å². The van der Waals surface area contributed by atoms with E-state index in [0.717, 1.165) is 0 Å². The van der Waals surface area contributed by atoms with Crippen molar-refractivity contribution in [2.75, 3.05) is 5.48 Å². The minimum Gasteiger partial charge on any atom is -0.338 e. The molecule has 5 heteroatoms. The van der Waals surface area contributed by atoms with Gasteiger partial charge in [0, 0.05) is 12.4 Å². The largest absolute Gasteiger partial charge is 0.364 e. The van der Waals surface area contributed by atoms with Gasteiger partial charge in [-0.2, -0.15) is 0 Å². The van der Waals surface area contributed by atoms with Gasteiger partial charge >= 0.3 is 5.97 Å². The van der Waals surface area contributed by atoms with Gasteiger partial charge in [0.1, 0.15) is 5.82 Å². The Morgan fingerprint density at radius 2 is 2.22 bits per heavy atom. The summed E-state index contributed by atoms with van der Waals surface area (Å²) in [5.74, 6) is -0.857. The van der Waals surface area contributed by atoms with Gasteiger partial charge in [-0.1, -0.05) is 0 Å². The Hall–Kier alpha value is -2.43. The second-order valence-electron chi connectivity index (χ2n) is 3.70. The van der Waals surface area contributed by atoms with Crippen LogP contribution in [-0.4, -0.2) is 11.0 Å². The molecule has 1 N–H and O–H groups in total. The zero-order valence-electron chi connectivity index (χ0n) is 9.68. The van der Waals surface area contributed by atoms with Gasteiger partial charge < -0.3 is 4.84 Å². The maximum atomic E-state index is 13.0. The van der Waals surface area contributed by atoms with Gasteiger partial charge in [0.2, 0.25) is 0 Å². The standard InChI is InChI=1S/C13H11FN2O2/c1-9-7-11(4-5-12(9)14)16-18-13(17)10-3-2-6-15-8-10/h2-8,16H,1H3. The molecule has 1 aromatic heterocycles. The number of aryl methyl sites for hydroxylation is 1. The van der Waals surface area contributed by atoms with Crippen molar-refractivity contribution < 1.29 is 14.0 Å². The average Bonchev–Trinajstić information content (AvgIpc) is 2.41. The van der Waals surface area contributed by atoms with E-state index in [1.54, 1.807) is 31.3 Å². The summed E-state index contributed by atoms with van der Waals surface area (Å²) in [7, 11) is 0. The molecular weight excluding hydrogens is 235 g/mol. The van der Waals surface area contributed by atoms with E-state index in [9.17, 15) is 9.18 Å². The minimum absolute atomic E-state index is 0.306. The summed E-state index contributed by atoms with van der Waals surface area (Å²) in [5, 5.41) is 0. The third-order valence-corrected chi connectivity index (χ3v) is 2.32. The lowest BCUT2D eigenvalue weighted by atomic mass is 10.2. The van der Waals surface area contributed by atoms with Crippen LogP contribution in [0.4, 0.5) is 10.1 Å². The van der Waals surface area contributed by atoms with Crippen LogP contribution in [0.1, 0.15) is 15.9 Å². The highest BCUT2D eigenvalue weighted by atomic mass is 19.1. The predicted octanol–water partition coefficient (Wildman–Crippen LogP) is 2.71. The van der Waals surface area contributed by atoms with Crippen LogP contribution in [-0.2, 0) is 4.84 Å². The lowest BCUT2D eigenvalue weighted by Crippen LogP contribution is -2.11. The fourth-order valence-electron chi connectivity index (χ4n) is 1.36. The summed E-state index contributed by atoms with van der Waals surface area (Å²) in [6, 6.07) is 7.56. The lowest BCUT2D eigenvalue weighted by Gasteiger charge is -2.07. The molecule has 0 fully saturated rings. The van der Waals surface area contributed by atoms with Crippen LogP contribution in [0, 0.1) is 12.7 Å². The van der Waals surface area contributed by atoms with E-state index in [-0.39, 0.29) is 5.82 Å². The van der Waals surface area contributed by atoms with Gasteiger partial charge in [-0.25, -0.2) is 14.7 Å². The highest BCUT2D eigenvalue weighted by Gasteiger charge is 2.07. The molecule has 92 valence electrons.